The third kappa shape index (κ3) is 19.2. The summed E-state index contributed by atoms with van der Waals surface area (Å²) in [5, 5.41) is 0. The summed E-state index contributed by atoms with van der Waals surface area (Å²) in [4.78, 5) is 36.0. The van der Waals surface area contributed by atoms with E-state index in [0.29, 0.717) is 12.8 Å². The van der Waals surface area contributed by atoms with Crippen LogP contribution in [0.2, 0.25) is 0 Å². The van der Waals surface area contributed by atoms with Gasteiger partial charge in [-0.1, -0.05) is 39.5 Å². The van der Waals surface area contributed by atoms with Crippen LogP contribution in [0.4, 0.5) is 9.59 Å². The fourth-order valence-electron chi connectivity index (χ4n) is 2.43. The molecule has 0 rings (SSSR count). The van der Waals surface area contributed by atoms with E-state index in [2.05, 4.69) is 4.76 Å². The quantitative estimate of drug-likeness (QED) is 0.0576. The maximum atomic E-state index is 13.1. The number of nitrogens with zero attached hydrogens (tertiary/aromatic N) is 2. The Kier molecular flexibility index (Phi) is 20.0. The van der Waals surface area contributed by atoms with Crippen LogP contribution in [-0.4, -0.2) is 89.0 Å². The monoisotopic (exact) mass is 555 g/mol. The van der Waals surface area contributed by atoms with Crippen LogP contribution in [0.3, 0.4) is 0 Å². The second-order valence-electron chi connectivity index (χ2n) is 7.56. The van der Waals surface area contributed by atoms with Crippen LogP contribution in [0.15, 0.2) is 4.76 Å². The summed E-state index contributed by atoms with van der Waals surface area (Å²) in [5.41, 5.74) is 5.84. The summed E-state index contributed by atoms with van der Waals surface area (Å²) in [6.45, 7) is 4.74. The van der Waals surface area contributed by atoms with Gasteiger partial charge in [-0.2, -0.15) is 0 Å². The third-order valence-corrected chi connectivity index (χ3v) is 5.81. The molecule has 0 fully saturated rings. The molecule has 0 saturated heterocycles. The normalized spacial score (nSPS) is 11.5. The first-order chi connectivity index (χ1) is 17.7. The van der Waals surface area contributed by atoms with Crippen molar-refractivity contribution in [3.63, 3.8) is 0 Å². The standard InChI is InChI=1S/C22H42N3O11P/c1-5-8-10-12-31-21(27)33-14-16-35-37(29,24-20(23)25(4)18-19(26)30-7-3)36-17-15-34-22(28)32-13-11-9-6-2/h5-18H2,1-4H3,(H2,23,24,29). The van der Waals surface area contributed by atoms with Crippen LogP contribution in [0.1, 0.15) is 59.3 Å². The van der Waals surface area contributed by atoms with E-state index >= 15 is 0 Å². The molecule has 0 bridgehead atoms. The topological polar surface area (TPSA) is 175 Å². The van der Waals surface area contributed by atoms with Crippen molar-refractivity contribution >= 4 is 32.0 Å². The molecule has 0 aromatic heterocycles. The van der Waals surface area contributed by atoms with Crippen molar-refractivity contribution in [1.82, 2.24) is 4.90 Å². The second kappa shape index (κ2) is 21.5. The van der Waals surface area contributed by atoms with Crippen molar-refractivity contribution in [2.45, 2.75) is 59.3 Å². The first kappa shape index (κ1) is 34.4. The number of hydrogen-bond donors (Lipinski definition) is 1. The van der Waals surface area contributed by atoms with Gasteiger partial charge in [0.25, 0.3) is 0 Å². The minimum absolute atomic E-state index is 0.177. The number of likely N-dealkylation sites (N-methyl/N-ethyl adjacent to an activating group) is 1. The van der Waals surface area contributed by atoms with E-state index in [1.54, 1.807) is 6.92 Å². The van der Waals surface area contributed by atoms with Crippen LogP contribution in [-0.2, 0) is 42.1 Å². The lowest BCUT2D eigenvalue weighted by molar-refractivity contribution is -0.143. The van der Waals surface area contributed by atoms with E-state index in [1.807, 2.05) is 13.8 Å². The number of hydrogen-bond acceptors (Lipinski definition) is 11. The molecule has 2 N–H and O–H groups in total. The fourth-order valence-corrected chi connectivity index (χ4v) is 3.64. The lowest BCUT2D eigenvalue weighted by Crippen LogP contribution is -2.38. The highest BCUT2D eigenvalue weighted by Crippen LogP contribution is 2.49. The van der Waals surface area contributed by atoms with Crippen LogP contribution in [0, 0.1) is 0 Å². The summed E-state index contributed by atoms with van der Waals surface area (Å²) in [6.07, 6.45) is 3.44. The van der Waals surface area contributed by atoms with E-state index in [0.717, 1.165) is 25.7 Å². The summed E-state index contributed by atoms with van der Waals surface area (Å²) in [7, 11) is -2.84. The molecule has 15 heteroatoms. The van der Waals surface area contributed by atoms with E-state index < -0.39 is 26.0 Å². The summed E-state index contributed by atoms with van der Waals surface area (Å²) in [6, 6.07) is 0. The molecule has 0 amide bonds. The summed E-state index contributed by atoms with van der Waals surface area (Å²) < 4.78 is 51.7. The lowest BCUT2D eigenvalue weighted by Gasteiger charge is -2.20. The highest BCUT2D eigenvalue weighted by molar-refractivity contribution is 7.52. The molecule has 0 radical (unpaired) electrons. The van der Waals surface area contributed by atoms with Gasteiger partial charge < -0.3 is 34.3 Å². The number of guanidine groups is 1. The minimum Gasteiger partial charge on any atom is -0.465 e. The zero-order valence-electron chi connectivity index (χ0n) is 22.3. The van der Waals surface area contributed by atoms with Gasteiger partial charge in [-0.3, -0.25) is 13.8 Å². The van der Waals surface area contributed by atoms with Gasteiger partial charge in [0, 0.05) is 7.05 Å². The Morgan fingerprint density at radius 3 is 1.62 bits per heavy atom. The maximum Gasteiger partial charge on any atom is 0.508 e. The van der Waals surface area contributed by atoms with Gasteiger partial charge in [-0.25, -0.2) is 14.2 Å². The maximum absolute atomic E-state index is 13.1. The molecule has 0 aromatic carbocycles. The smallest absolute Gasteiger partial charge is 0.465 e. The summed E-state index contributed by atoms with van der Waals surface area (Å²) >= 11 is 0. The predicted octanol–water partition coefficient (Wildman–Crippen LogP) is 3.62. The van der Waals surface area contributed by atoms with Gasteiger partial charge in [-0.05, 0) is 19.8 Å². The predicted molar refractivity (Wildman–Crippen MR) is 134 cm³/mol. The average Bonchev–Trinajstić information content (AvgIpc) is 2.85. The van der Waals surface area contributed by atoms with Crippen LogP contribution < -0.4 is 5.73 Å². The molecular formula is C22H42N3O11P. The van der Waals surface area contributed by atoms with Crippen molar-refractivity contribution in [2.75, 3.05) is 59.8 Å². The molecule has 0 aliphatic carbocycles. The van der Waals surface area contributed by atoms with Crippen molar-refractivity contribution in [2.24, 2.45) is 10.5 Å². The van der Waals surface area contributed by atoms with E-state index in [-0.39, 0.29) is 58.8 Å². The molecule has 0 aliphatic rings. The van der Waals surface area contributed by atoms with Crippen molar-refractivity contribution < 1.29 is 51.7 Å². The number of nitrogens with two attached hydrogens (primary N) is 1. The molecule has 37 heavy (non-hydrogen) atoms. The first-order valence-corrected chi connectivity index (χ1v) is 13.9. The highest BCUT2D eigenvalue weighted by Gasteiger charge is 2.27. The zero-order valence-corrected chi connectivity index (χ0v) is 23.2. The van der Waals surface area contributed by atoms with Crippen molar-refractivity contribution in [3.05, 3.63) is 0 Å². The average molecular weight is 556 g/mol. The molecule has 0 heterocycles. The van der Waals surface area contributed by atoms with Gasteiger partial charge in [0.05, 0.1) is 33.0 Å². The number of carbonyl (C=O) groups excluding carboxylic acids is 3. The molecule has 0 aromatic rings. The van der Waals surface area contributed by atoms with Crippen LogP contribution >= 0.6 is 7.75 Å². The number of ether oxygens (including phenoxy) is 5. The van der Waals surface area contributed by atoms with Gasteiger partial charge in [0.15, 0.2) is 0 Å². The van der Waals surface area contributed by atoms with Gasteiger partial charge in [0.2, 0.25) is 5.96 Å². The molecule has 0 unspecified atom stereocenters. The van der Waals surface area contributed by atoms with Crippen molar-refractivity contribution in [3.8, 4) is 0 Å². The number of carbonyl (C=O) groups is 3. The van der Waals surface area contributed by atoms with Gasteiger partial charge in [0.1, 0.15) is 19.8 Å². The molecule has 14 nitrogen and oxygen atoms in total. The third-order valence-electron chi connectivity index (χ3n) is 4.34. The zero-order chi connectivity index (χ0) is 27.9. The van der Waals surface area contributed by atoms with Crippen LogP contribution in [0.5, 0.6) is 0 Å². The fraction of sp³-hybridized carbons (Fsp3) is 0.818. The second-order valence-corrected chi connectivity index (χ2v) is 9.22. The van der Waals surface area contributed by atoms with Crippen LogP contribution in [0.25, 0.3) is 0 Å². The number of rotatable bonds is 20. The molecule has 216 valence electrons. The Bertz CT molecular complexity index is 701. The minimum atomic E-state index is -4.26. The first-order valence-electron chi connectivity index (χ1n) is 12.4. The highest BCUT2D eigenvalue weighted by atomic mass is 31.2. The largest absolute Gasteiger partial charge is 0.508 e. The SMILES string of the molecule is CCCCCOC(=O)OCCOP(=O)(N=C(N)N(C)CC(=O)OCC)OCCOC(=O)OCCCCC. The number of unbranched alkanes of at least 4 members (excludes halogenated alkanes) is 4. The number of esters is 1. The van der Waals surface area contributed by atoms with Gasteiger partial charge in [-0.15, -0.1) is 4.76 Å². The Hall–Kier alpha value is -2.57. The molecular weight excluding hydrogens is 513 g/mol. The van der Waals surface area contributed by atoms with Crippen molar-refractivity contribution in [1.29, 1.82) is 0 Å². The van der Waals surface area contributed by atoms with E-state index in [9.17, 15) is 18.9 Å². The Morgan fingerprint density at radius 1 is 0.730 bits per heavy atom. The summed E-state index contributed by atoms with van der Waals surface area (Å²) in [5.74, 6) is -0.902. The van der Waals surface area contributed by atoms with E-state index in [4.69, 9.17) is 38.5 Å². The Morgan fingerprint density at radius 2 is 1.19 bits per heavy atom. The Labute approximate surface area is 218 Å². The molecule has 0 saturated carbocycles. The lowest BCUT2D eigenvalue weighted by atomic mass is 10.3. The Balaban J connectivity index is 4.86. The molecule has 0 atom stereocenters. The molecule has 0 spiro atoms. The molecule has 0 aliphatic heterocycles. The van der Waals surface area contributed by atoms with Gasteiger partial charge >= 0.3 is 26.0 Å². The van der Waals surface area contributed by atoms with E-state index in [1.165, 1.54) is 11.9 Å².